The molecule has 0 saturated carbocycles. The molecule has 1 aromatic rings. The van der Waals surface area contributed by atoms with Crippen LogP contribution in [-0.2, 0) is 11.5 Å². The highest BCUT2D eigenvalue weighted by Crippen LogP contribution is 2.42. The zero-order valence-corrected chi connectivity index (χ0v) is 10.7. The number of hydrogen-bond donors (Lipinski definition) is 1. The van der Waals surface area contributed by atoms with E-state index < -0.39 is 11.5 Å². The Morgan fingerprint density at radius 1 is 1.00 bits per heavy atom. The van der Waals surface area contributed by atoms with E-state index in [1.807, 2.05) is 0 Å². The van der Waals surface area contributed by atoms with Crippen molar-refractivity contribution in [3.8, 4) is 11.5 Å². The SMILES string of the molecule is CC(C)(N)c1cc2c(cc1C(C)(F)F)OCCO2. The number of nitrogens with two attached hydrogens (primary N) is 1. The average Bonchev–Trinajstić information content (AvgIpc) is 2.25. The Kier molecular flexibility index (Phi) is 2.97. The maximum Gasteiger partial charge on any atom is 0.270 e. The highest BCUT2D eigenvalue weighted by molar-refractivity contribution is 5.51. The van der Waals surface area contributed by atoms with Crippen LogP contribution in [0.2, 0.25) is 0 Å². The number of ether oxygens (including phenoxy) is 2. The van der Waals surface area contributed by atoms with Gasteiger partial charge in [-0.15, -0.1) is 0 Å². The van der Waals surface area contributed by atoms with Crippen molar-refractivity contribution in [3.63, 3.8) is 0 Å². The van der Waals surface area contributed by atoms with Crippen molar-refractivity contribution in [2.45, 2.75) is 32.2 Å². The van der Waals surface area contributed by atoms with E-state index in [2.05, 4.69) is 0 Å². The summed E-state index contributed by atoms with van der Waals surface area (Å²) in [5.74, 6) is -2.14. The van der Waals surface area contributed by atoms with Crippen molar-refractivity contribution < 1.29 is 18.3 Å². The average molecular weight is 257 g/mol. The Labute approximate surface area is 105 Å². The van der Waals surface area contributed by atoms with Gasteiger partial charge in [0.25, 0.3) is 5.92 Å². The molecule has 0 aliphatic carbocycles. The standard InChI is InChI=1S/C13H17F2NO2/c1-12(2,16)8-6-10-11(18-5-4-17-10)7-9(8)13(3,14)15/h6-7H,4-5,16H2,1-3H3. The Bertz CT molecular complexity index is 418. The lowest BCUT2D eigenvalue weighted by atomic mass is 9.88. The minimum absolute atomic E-state index is 0.112. The number of alkyl halides is 2. The smallest absolute Gasteiger partial charge is 0.270 e. The molecule has 3 nitrogen and oxygen atoms in total. The van der Waals surface area contributed by atoms with Gasteiger partial charge in [-0.1, -0.05) is 0 Å². The largest absolute Gasteiger partial charge is 0.486 e. The molecule has 0 amide bonds. The van der Waals surface area contributed by atoms with Crippen LogP contribution in [0.15, 0.2) is 12.1 Å². The molecule has 5 heteroatoms. The lowest BCUT2D eigenvalue weighted by molar-refractivity contribution is 0.0149. The van der Waals surface area contributed by atoms with Crippen LogP contribution >= 0.6 is 0 Å². The second-order valence-corrected chi connectivity index (χ2v) is 5.15. The fourth-order valence-corrected chi connectivity index (χ4v) is 1.99. The second-order valence-electron chi connectivity index (χ2n) is 5.15. The predicted octanol–water partition coefficient (Wildman–Crippen LogP) is 2.76. The van der Waals surface area contributed by atoms with Gasteiger partial charge in [0.05, 0.1) is 0 Å². The second kappa shape index (κ2) is 4.09. The van der Waals surface area contributed by atoms with Crippen LogP contribution in [0.1, 0.15) is 31.9 Å². The summed E-state index contributed by atoms with van der Waals surface area (Å²) in [5, 5.41) is 0. The van der Waals surface area contributed by atoms with Crippen LogP contribution in [-0.4, -0.2) is 13.2 Å². The van der Waals surface area contributed by atoms with E-state index in [0.717, 1.165) is 6.92 Å². The summed E-state index contributed by atoms with van der Waals surface area (Å²) >= 11 is 0. The van der Waals surface area contributed by atoms with E-state index >= 15 is 0 Å². The van der Waals surface area contributed by atoms with Crippen LogP contribution in [0.4, 0.5) is 8.78 Å². The maximum atomic E-state index is 13.7. The quantitative estimate of drug-likeness (QED) is 0.886. The van der Waals surface area contributed by atoms with E-state index in [4.69, 9.17) is 15.2 Å². The van der Waals surface area contributed by atoms with Crippen molar-refractivity contribution in [3.05, 3.63) is 23.3 Å². The lowest BCUT2D eigenvalue weighted by Gasteiger charge is -2.29. The van der Waals surface area contributed by atoms with Crippen molar-refractivity contribution in [1.82, 2.24) is 0 Å². The molecular weight excluding hydrogens is 240 g/mol. The monoisotopic (exact) mass is 257 g/mol. The summed E-state index contributed by atoms with van der Waals surface area (Å²) in [6.45, 7) is 5.02. The minimum Gasteiger partial charge on any atom is -0.486 e. The molecule has 18 heavy (non-hydrogen) atoms. The van der Waals surface area contributed by atoms with E-state index in [1.54, 1.807) is 19.9 Å². The van der Waals surface area contributed by atoms with Crippen LogP contribution in [0, 0.1) is 0 Å². The van der Waals surface area contributed by atoms with Gasteiger partial charge in [0.2, 0.25) is 0 Å². The van der Waals surface area contributed by atoms with Gasteiger partial charge in [0, 0.05) is 18.0 Å². The molecule has 1 heterocycles. The molecule has 2 rings (SSSR count). The summed E-state index contributed by atoms with van der Waals surface area (Å²) in [6.07, 6.45) is 0. The molecule has 0 unspecified atom stereocenters. The molecule has 0 aromatic heterocycles. The summed E-state index contributed by atoms with van der Waals surface area (Å²) in [7, 11) is 0. The normalized spacial score (nSPS) is 15.7. The van der Waals surface area contributed by atoms with E-state index in [-0.39, 0.29) is 5.56 Å². The Morgan fingerprint density at radius 3 is 1.83 bits per heavy atom. The highest BCUT2D eigenvalue weighted by Gasteiger charge is 2.34. The van der Waals surface area contributed by atoms with Crippen molar-refractivity contribution in [2.24, 2.45) is 5.73 Å². The third-order valence-corrected chi connectivity index (χ3v) is 2.85. The molecule has 0 radical (unpaired) electrons. The Hall–Kier alpha value is -1.36. The van der Waals surface area contributed by atoms with E-state index in [9.17, 15) is 8.78 Å². The molecule has 0 saturated heterocycles. The minimum atomic E-state index is -2.97. The first-order chi connectivity index (χ1) is 8.19. The fraction of sp³-hybridized carbons (Fsp3) is 0.538. The first kappa shape index (κ1) is 13.1. The molecule has 2 N–H and O–H groups in total. The molecule has 0 spiro atoms. The third kappa shape index (κ3) is 2.41. The van der Waals surface area contributed by atoms with Gasteiger partial charge in [0.1, 0.15) is 13.2 Å². The van der Waals surface area contributed by atoms with Crippen molar-refractivity contribution in [2.75, 3.05) is 13.2 Å². The molecule has 1 aromatic carbocycles. The van der Waals surface area contributed by atoms with E-state index in [0.29, 0.717) is 30.3 Å². The third-order valence-electron chi connectivity index (χ3n) is 2.85. The van der Waals surface area contributed by atoms with Crippen molar-refractivity contribution >= 4 is 0 Å². The fourth-order valence-electron chi connectivity index (χ4n) is 1.99. The van der Waals surface area contributed by atoms with Crippen LogP contribution < -0.4 is 15.2 Å². The van der Waals surface area contributed by atoms with Crippen molar-refractivity contribution in [1.29, 1.82) is 0 Å². The molecule has 1 aliphatic heterocycles. The van der Waals surface area contributed by atoms with Gasteiger partial charge < -0.3 is 15.2 Å². The predicted molar refractivity (Wildman–Crippen MR) is 64.2 cm³/mol. The topological polar surface area (TPSA) is 44.5 Å². The molecular formula is C13H17F2NO2. The Morgan fingerprint density at radius 2 is 1.44 bits per heavy atom. The van der Waals surface area contributed by atoms with Crippen LogP contribution in [0.5, 0.6) is 11.5 Å². The highest BCUT2D eigenvalue weighted by atomic mass is 19.3. The summed E-state index contributed by atoms with van der Waals surface area (Å²) < 4.78 is 38.1. The zero-order valence-electron chi connectivity index (χ0n) is 10.7. The maximum absolute atomic E-state index is 13.7. The van der Waals surface area contributed by atoms with Gasteiger partial charge in [-0.2, -0.15) is 0 Å². The molecule has 0 fully saturated rings. The number of halogens is 2. The summed E-state index contributed by atoms with van der Waals surface area (Å²) in [4.78, 5) is 0. The molecule has 0 atom stereocenters. The first-order valence-corrected chi connectivity index (χ1v) is 5.81. The van der Waals surface area contributed by atoms with Gasteiger partial charge in [-0.05, 0) is 31.5 Å². The van der Waals surface area contributed by atoms with Gasteiger partial charge in [-0.3, -0.25) is 0 Å². The number of rotatable bonds is 2. The molecule has 100 valence electrons. The van der Waals surface area contributed by atoms with Gasteiger partial charge in [0.15, 0.2) is 11.5 Å². The Balaban J connectivity index is 2.63. The summed E-state index contributed by atoms with van der Waals surface area (Å²) in [5.41, 5.74) is 5.35. The molecule has 1 aliphatic rings. The summed E-state index contributed by atoms with van der Waals surface area (Å²) in [6, 6.07) is 2.89. The van der Waals surface area contributed by atoms with Crippen LogP contribution in [0.25, 0.3) is 0 Å². The first-order valence-electron chi connectivity index (χ1n) is 5.81. The molecule has 0 bridgehead atoms. The number of hydrogen-bond acceptors (Lipinski definition) is 3. The van der Waals surface area contributed by atoms with Gasteiger partial charge >= 0.3 is 0 Å². The lowest BCUT2D eigenvalue weighted by Crippen LogP contribution is -2.32. The van der Waals surface area contributed by atoms with E-state index in [1.165, 1.54) is 6.07 Å². The number of benzene rings is 1. The van der Waals surface area contributed by atoms with Gasteiger partial charge in [-0.25, -0.2) is 8.78 Å². The van der Waals surface area contributed by atoms with Crippen LogP contribution in [0.3, 0.4) is 0 Å². The number of fused-ring (bicyclic) bond motifs is 1. The zero-order chi connectivity index (χ0) is 13.6.